The number of rotatable bonds is 8. The Bertz CT molecular complexity index is 794. The van der Waals surface area contributed by atoms with Crippen molar-refractivity contribution in [2.75, 3.05) is 13.2 Å². The minimum Gasteiger partial charge on any atom is -0.477 e. The topological polar surface area (TPSA) is 81.8 Å². The fourth-order valence-corrected chi connectivity index (χ4v) is 3.18. The largest absolute Gasteiger partial charge is 0.477 e. The molecule has 0 aliphatic carbocycles. The van der Waals surface area contributed by atoms with Crippen LogP contribution in [0.25, 0.3) is 11.5 Å². The number of nitrogens with zero attached hydrogens (tertiary/aromatic N) is 1. The Hall–Kier alpha value is -2.25. The molecule has 1 aromatic carbocycles. The van der Waals surface area contributed by atoms with Gasteiger partial charge in [0.15, 0.2) is 0 Å². The summed E-state index contributed by atoms with van der Waals surface area (Å²) in [5, 5.41) is 9.08. The van der Waals surface area contributed by atoms with Crippen LogP contribution in [0.3, 0.4) is 0 Å². The van der Waals surface area contributed by atoms with Gasteiger partial charge in [-0.05, 0) is 43.9 Å². The average molecular weight is 391 g/mol. The SMILES string of the molecule is Cc1oc(-c2ccc(CF)cc2)nc1CCCC[C@H]1CO[C@@](C)(C(=O)O)OC1. The monoisotopic (exact) mass is 391 g/mol. The molecule has 2 aromatic rings. The maximum Gasteiger partial charge on any atom is 0.364 e. The van der Waals surface area contributed by atoms with Gasteiger partial charge >= 0.3 is 5.97 Å². The summed E-state index contributed by atoms with van der Waals surface area (Å²) in [6.45, 7) is 3.64. The second-order valence-electron chi connectivity index (χ2n) is 7.34. The molecule has 6 nitrogen and oxygen atoms in total. The summed E-state index contributed by atoms with van der Waals surface area (Å²) in [6, 6.07) is 7.10. The van der Waals surface area contributed by atoms with Gasteiger partial charge in [0.05, 0.1) is 18.9 Å². The zero-order valence-electron chi connectivity index (χ0n) is 16.2. The molecule has 1 aromatic heterocycles. The second-order valence-corrected chi connectivity index (χ2v) is 7.34. The van der Waals surface area contributed by atoms with Crippen molar-refractivity contribution < 1.29 is 28.2 Å². The number of aromatic nitrogens is 1. The lowest BCUT2D eigenvalue weighted by Crippen LogP contribution is -2.47. The molecular formula is C21H26FNO5. The summed E-state index contributed by atoms with van der Waals surface area (Å²) in [6.07, 6.45) is 3.62. The van der Waals surface area contributed by atoms with Gasteiger partial charge in [0.25, 0.3) is 5.79 Å². The molecule has 0 amide bonds. The van der Waals surface area contributed by atoms with E-state index in [-0.39, 0.29) is 5.92 Å². The molecule has 1 aliphatic rings. The first-order chi connectivity index (χ1) is 13.4. The highest BCUT2D eigenvalue weighted by Gasteiger charge is 2.40. The Morgan fingerprint density at radius 2 is 1.93 bits per heavy atom. The first kappa shape index (κ1) is 20.5. The van der Waals surface area contributed by atoms with Crippen molar-refractivity contribution in [3.63, 3.8) is 0 Å². The Kier molecular flexibility index (Phi) is 6.46. The number of carboxylic acid groups (broad SMARTS) is 1. The molecule has 0 bridgehead atoms. The quantitative estimate of drug-likeness (QED) is 0.676. The van der Waals surface area contributed by atoms with Crippen LogP contribution in [-0.2, 0) is 27.4 Å². The number of benzene rings is 1. The molecule has 1 aliphatic heterocycles. The van der Waals surface area contributed by atoms with Crippen LogP contribution >= 0.6 is 0 Å². The number of hydrogen-bond donors (Lipinski definition) is 1. The first-order valence-corrected chi connectivity index (χ1v) is 9.54. The Labute approximate surface area is 163 Å². The molecule has 7 heteroatoms. The van der Waals surface area contributed by atoms with E-state index in [0.29, 0.717) is 24.7 Å². The lowest BCUT2D eigenvalue weighted by molar-refractivity contribution is -0.271. The number of halogens is 1. The predicted molar refractivity (Wildman–Crippen MR) is 100 cm³/mol. The van der Waals surface area contributed by atoms with Crippen LogP contribution in [0.15, 0.2) is 28.7 Å². The zero-order valence-corrected chi connectivity index (χ0v) is 16.2. The highest BCUT2D eigenvalue weighted by atomic mass is 19.1. The van der Waals surface area contributed by atoms with Crippen LogP contribution in [-0.4, -0.2) is 35.1 Å². The number of ether oxygens (including phenoxy) is 2. The summed E-state index contributed by atoms with van der Waals surface area (Å²) in [7, 11) is 0. The van der Waals surface area contributed by atoms with Crippen LogP contribution in [0, 0.1) is 12.8 Å². The van der Waals surface area contributed by atoms with Crippen LogP contribution in [0.5, 0.6) is 0 Å². The van der Waals surface area contributed by atoms with E-state index in [2.05, 4.69) is 4.98 Å². The Morgan fingerprint density at radius 3 is 2.54 bits per heavy atom. The molecular weight excluding hydrogens is 365 g/mol. The molecule has 0 spiro atoms. The highest BCUT2D eigenvalue weighted by molar-refractivity contribution is 5.75. The lowest BCUT2D eigenvalue weighted by atomic mass is 10.0. The number of unbranched alkanes of at least 4 members (excludes halogenated alkanes) is 1. The summed E-state index contributed by atoms with van der Waals surface area (Å²) >= 11 is 0. The molecule has 152 valence electrons. The molecule has 1 fully saturated rings. The van der Waals surface area contributed by atoms with E-state index in [1.165, 1.54) is 6.92 Å². The maximum atomic E-state index is 12.6. The Morgan fingerprint density at radius 1 is 1.25 bits per heavy atom. The molecule has 2 heterocycles. The minimum absolute atomic E-state index is 0.204. The normalized spacial score (nSPS) is 22.3. The highest BCUT2D eigenvalue weighted by Crippen LogP contribution is 2.26. The summed E-state index contributed by atoms with van der Waals surface area (Å²) in [5.74, 6) is -1.06. The molecule has 0 saturated carbocycles. The predicted octanol–water partition coefficient (Wildman–Crippen LogP) is 4.30. The van der Waals surface area contributed by atoms with E-state index in [4.69, 9.17) is 19.0 Å². The summed E-state index contributed by atoms with van der Waals surface area (Å²) in [4.78, 5) is 15.7. The first-order valence-electron chi connectivity index (χ1n) is 9.54. The van der Waals surface area contributed by atoms with Gasteiger partial charge in [0.1, 0.15) is 12.4 Å². The van der Waals surface area contributed by atoms with Crippen molar-refractivity contribution in [1.29, 1.82) is 0 Å². The van der Waals surface area contributed by atoms with Gasteiger partial charge in [-0.15, -0.1) is 0 Å². The minimum atomic E-state index is -1.52. The fourth-order valence-electron chi connectivity index (χ4n) is 3.18. The van der Waals surface area contributed by atoms with E-state index >= 15 is 0 Å². The van der Waals surface area contributed by atoms with E-state index in [1.54, 1.807) is 12.1 Å². The molecule has 0 unspecified atom stereocenters. The van der Waals surface area contributed by atoms with E-state index < -0.39 is 18.4 Å². The van der Waals surface area contributed by atoms with Crippen molar-refractivity contribution in [2.24, 2.45) is 5.92 Å². The molecule has 3 rings (SSSR count). The third kappa shape index (κ3) is 4.77. The molecule has 0 radical (unpaired) electrons. The van der Waals surface area contributed by atoms with Crippen LogP contribution in [0.4, 0.5) is 4.39 Å². The number of oxazole rings is 1. The summed E-state index contributed by atoms with van der Waals surface area (Å²) < 4.78 is 29.1. The van der Waals surface area contributed by atoms with Crippen LogP contribution < -0.4 is 0 Å². The fraction of sp³-hybridized carbons (Fsp3) is 0.524. The van der Waals surface area contributed by atoms with Gasteiger partial charge in [-0.1, -0.05) is 18.6 Å². The number of alkyl halides is 1. The van der Waals surface area contributed by atoms with Gasteiger partial charge in [-0.25, -0.2) is 14.2 Å². The molecule has 28 heavy (non-hydrogen) atoms. The van der Waals surface area contributed by atoms with E-state index in [9.17, 15) is 9.18 Å². The Balaban J connectivity index is 1.45. The zero-order chi connectivity index (χ0) is 20.1. The van der Waals surface area contributed by atoms with Crippen LogP contribution in [0.2, 0.25) is 0 Å². The van der Waals surface area contributed by atoms with Gasteiger partial charge in [-0.2, -0.15) is 0 Å². The van der Waals surface area contributed by atoms with Crippen LogP contribution in [0.1, 0.15) is 43.2 Å². The van der Waals surface area contributed by atoms with Crippen molar-refractivity contribution in [3.05, 3.63) is 41.3 Å². The number of hydrogen-bond acceptors (Lipinski definition) is 5. The van der Waals surface area contributed by atoms with Gasteiger partial charge < -0.3 is 19.0 Å². The van der Waals surface area contributed by atoms with Gasteiger partial charge in [0, 0.05) is 18.4 Å². The third-order valence-corrected chi connectivity index (χ3v) is 5.10. The summed E-state index contributed by atoms with van der Waals surface area (Å²) in [5.41, 5.74) is 2.40. The average Bonchev–Trinajstić information content (AvgIpc) is 3.07. The lowest BCUT2D eigenvalue weighted by Gasteiger charge is -2.34. The number of aliphatic carboxylic acids is 1. The maximum absolute atomic E-state index is 12.6. The molecule has 0 atom stereocenters. The van der Waals surface area contributed by atoms with E-state index in [0.717, 1.165) is 42.7 Å². The smallest absolute Gasteiger partial charge is 0.364 e. The second kappa shape index (κ2) is 8.84. The third-order valence-electron chi connectivity index (χ3n) is 5.10. The molecule has 1 saturated heterocycles. The molecule has 1 N–H and O–H groups in total. The van der Waals surface area contributed by atoms with Crippen molar-refractivity contribution in [1.82, 2.24) is 4.98 Å². The van der Waals surface area contributed by atoms with Gasteiger partial charge in [0.2, 0.25) is 5.89 Å². The standard InChI is InChI=1S/C21H26FNO5/c1-14-18(23-19(28-14)17-9-7-15(11-22)8-10-17)6-4-3-5-16-12-26-21(2,20(24)25)27-13-16/h7-10,16H,3-6,11-13H2,1-2H3,(H,24,25)/t16-,21+. The van der Waals surface area contributed by atoms with Crippen molar-refractivity contribution in [3.8, 4) is 11.5 Å². The van der Waals surface area contributed by atoms with Crippen molar-refractivity contribution >= 4 is 5.97 Å². The number of aryl methyl sites for hydroxylation is 2. The van der Waals surface area contributed by atoms with E-state index in [1.807, 2.05) is 19.1 Å². The number of carbonyl (C=O) groups is 1. The van der Waals surface area contributed by atoms with Crippen molar-refractivity contribution in [2.45, 2.75) is 52.0 Å². The number of carboxylic acids is 1. The van der Waals surface area contributed by atoms with Gasteiger partial charge in [-0.3, -0.25) is 0 Å².